The van der Waals surface area contributed by atoms with E-state index in [0.29, 0.717) is 22.8 Å². The van der Waals surface area contributed by atoms with Crippen molar-refractivity contribution in [1.29, 1.82) is 0 Å². The summed E-state index contributed by atoms with van der Waals surface area (Å²) in [5.41, 5.74) is 2.44. The molecule has 1 heterocycles. The van der Waals surface area contributed by atoms with Crippen LogP contribution in [0.25, 0.3) is 0 Å². The van der Waals surface area contributed by atoms with Crippen molar-refractivity contribution in [3.05, 3.63) is 47.5 Å². The Balaban J connectivity index is 1.91. The van der Waals surface area contributed by atoms with Gasteiger partial charge in [0.1, 0.15) is 0 Å². The summed E-state index contributed by atoms with van der Waals surface area (Å²) in [6.07, 6.45) is 1.52. The molecule has 0 saturated heterocycles. The molecule has 7 heteroatoms. The predicted molar refractivity (Wildman–Crippen MR) is 95.3 cm³/mol. The summed E-state index contributed by atoms with van der Waals surface area (Å²) in [6.45, 7) is 0. The lowest BCUT2D eigenvalue weighted by molar-refractivity contribution is -0.110. The molecule has 0 fully saturated rings. The number of nitrogens with one attached hydrogen (secondary N) is 1. The first-order valence-electron chi connectivity index (χ1n) is 7.49. The van der Waals surface area contributed by atoms with Crippen LogP contribution in [0, 0.1) is 0 Å². The fourth-order valence-corrected chi connectivity index (χ4v) is 2.53. The van der Waals surface area contributed by atoms with E-state index in [4.69, 9.17) is 14.2 Å². The van der Waals surface area contributed by atoms with E-state index in [1.165, 1.54) is 27.5 Å². The first-order valence-corrected chi connectivity index (χ1v) is 7.49. The highest BCUT2D eigenvalue weighted by molar-refractivity contribution is 6.53. The molecule has 1 aliphatic rings. The van der Waals surface area contributed by atoms with E-state index in [1.54, 1.807) is 12.1 Å². The van der Waals surface area contributed by atoms with Crippen LogP contribution >= 0.6 is 0 Å². The number of methoxy groups -OCH3 is 3. The average Bonchev–Trinajstić information content (AvgIpc) is 2.96. The number of fused-ring (bicyclic) bond motifs is 1. The number of carbonyl (C=O) groups excluding carboxylic acids is 1. The molecule has 1 N–H and O–H groups in total. The molecule has 128 valence electrons. The van der Waals surface area contributed by atoms with Crippen LogP contribution in [0.2, 0.25) is 0 Å². The van der Waals surface area contributed by atoms with Crippen LogP contribution < -0.4 is 19.5 Å². The predicted octanol–water partition coefficient (Wildman–Crippen LogP) is 2.49. The zero-order valence-electron chi connectivity index (χ0n) is 14.1. The van der Waals surface area contributed by atoms with Crippen LogP contribution in [0.5, 0.6) is 17.2 Å². The van der Waals surface area contributed by atoms with Crippen molar-refractivity contribution in [3.8, 4) is 17.2 Å². The molecule has 1 aliphatic heterocycles. The smallest absolute Gasteiger partial charge is 0.276 e. The van der Waals surface area contributed by atoms with Gasteiger partial charge in [0.15, 0.2) is 17.2 Å². The van der Waals surface area contributed by atoms with Gasteiger partial charge < -0.3 is 19.5 Å². The Kier molecular flexibility index (Phi) is 4.65. The van der Waals surface area contributed by atoms with Gasteiger partial charge >= 0.3 is 0 Å². The van der Waals surface area contributed by atoms with E-state index in [2.05, 4.69) is 15.5 Å². The minimum atomic E-state index is -0.275. The molecular formula is C18H17N3O4. The highest BCUT2D eigenvalue weighted by Gasteiger charge is 2.25. The standard InChI is InChI=1S/C18H17N3O4/c1-23-14-8-11(9-15(24-2)17(14)25-3)10-19-21-16-12-6-4-5-7-13(12)20-18(16)22/h4-10H,1-3H3,(H,20,21,22). The van der Waals surface area contributed by atoms with E-state index in [0.717, 1.165) is 11.3 Å². The molecule has 2 aromatic rings. The summed E-state index contributed by atoms with van der Waals surface area (Å²) in [7, 11) is 4.62. The summed E-state index contributed by atoms with van der Waals surface area (Å²) in [5, 5.41) is 10.8. The van der Waals surface area contributed by atoms with E-state index in [1.807, 2.05) is 24.3 Å². The lowest BCUT2D eigenvalue weighted by atomic mass is 10.1. The Labute approximate surface area is 144 Å². The molecule has 1 amide bonds. The number of benzene rings is 2. The number of anilines is 1. The van der Waals surface area contributed by atoms with Crippen LogP contribution in [-0.4, -0.2) is 39.2 Å². The quantitative estimate of drug-likeness (QED) is 0.670. The molecule has 0 radical (unpaired) electrons. The third kappa shape index (κ3) is 3.16. The molecule has 2 aromatic carbocycles. The normalized spacial score (nSPS) is 14.5. The SMILES string of the molecule is COc1cc(C=NN=C2C(=O)Nc3ccccc32)cc(OC)c1OC. The third-order valence-corrected chi connectivity index (χ3v) is 3.70. The van der Waals surface area contributed by atoms with Crippen molar-refractivity contribution in [2.45, 2.75) is 0 Å². The molecule has 0 spiro atoms. The molecule has 0 unspecified atom stereocenters. The fraction of sp³-hybridized carbons (Fsp3) is 0.167. The molecule has 0 atom stereocenters. The van der Waals surface area contributed by atoms with E-state index in [-0.39, 0.29) is 11.6 Å². The molecule has 0 aliphatic carbocycles. The third-order valence-electron chi connectivity index (χ3n) is 3.70. The second kappa shape index (κ2) is 7.04. The van der Waals surface area contributed by atoms with Crippen LogP contribution in [-0.2, 0) is 4.79 Å². The summed E-state index contributed by atoms with van der Waals surface area (Å²) >= 11 is 0. The minimum Gasteiger partial charge on any atom is -0.493 e. The largest absolute Gasteiger partial charge is 0.493 e. The van der Waals surface area contributed by atoms with Gasteiger partial charge in [-0.05, 0) is 18.2 Å². The Morgan fingerprint density at radius 2 is 1.68 bits per heavy atom. The van der Waals surface area contributed by atoms with Gasteiger partial charge in [-0.2, -0.15) is 5.10 Å². The number of ether oxygens (including phenoxy) is 3. The van der Waals surface area contributed by atoms with Gasteiger partial charge in [-0.3, -0.25) is 4.79 Å². The van der Waals surface area contributed by atoms with Crippen LogP contribution in [0.15, 0.2) is 46.6 Å². The lowest BCUT2D eigenvalue weighted by Gasteiger charge is -2.12. The Morgan fingerprint density at radius 1 is 1.00 bits per heavy atom. The monoisotopic (exact) mass is 339 g/mol. The molecular weight excluding hydrogens is 322 g/mol. The molecule has 0 saturated carbocycles. The first kappa shape index (κ1) is 16.5. The van der Waals surface area contributed by atoms with Gasteiger partial charge in [0.2, 0.25) is 5.75 Å². The maximum Gasteiger partial charge on any atom is 0.276 e. The van der Waals surface area contributed by atoms with Gasteiger partial charge in [-0.1, -0.05) is 18.2 Å². The molecule has 25 heavy (non-hydrogen) atoms. The summed E-state index contributed by atoms with van der Waals surface area (Å²) < 4.78 is 15.9. The van der Waals surface area contributed by atoms with Gasteiger partial charge in [0.25, 0.3) is 5.91 Å². The maximum absolute atomic E-state index is 12.0. The number of hydrogen-bond acceptors (Lipinski definition) is 6. The molecule has 0 bridgehead atoms. The van der Waals surface area contributed by atoms with Crippen LogP contribution in [0.4, 0.5) is 5.69 Å². The summed E-state index contributed by atoms with van der Waals surface area (Å²) in [6, 6.07) is 10.8. The first-order chi connectivity index (χ1) is 12.2. The molecule has 0 aromatic heterocycles. The van der Waals surface area contributed by atoms with Crippen molar-refractivity contribution in [1.82, 2.24) is 0 Å². The van der Waals surface area contributed by atoms with E-state index >= 15 is 0 Å². The second-order valence-corrected chi connectivity index (χ2v) is 5.15. The van der Waals surface area contributed by atoms with E-state index < -0.39 is 0 Å². The number of rotatable bonds is 5. The van der Waals surface area contributed by atoms with Gasteiger partial charge in [-0.25, -0.2) is 0 Å². The number of hydrogen-bond donors (Lipinski definition) is 1. The van der Waals surface area contributed by atoms with Gasteiger partial charge in [-0.15, -0.1) is 5.10 Å². The minimum absolute atomic E-state index is 0.275. The van der Waals surface area contributed by atoms with Crippen molar-refractivity contribution < 1.29 is 19.0 Å². The zero-order valence-corrected chi connectivity index (χ0v) is 14.1. The second-order valence-electron chi connectivity index (χ2n) is 5.15. The van der Waals surface area contributed by atoms with Crippen molar-refractivity contribution in [3.63, 3.8) is 0 Å². The van der Waals surface area contributed by atoms with Gasteiger partial charge in [0.05, 0.1) is 33.2 Å². The fourth-order valence-electron chi connectivity index (χ4n) is 2.53. The summed E-state index contributed by atoms with van der Waals surface area (Å²) in [4.78, 5) is 12.0. The molecule has 7 nitrogen and oxygen atoms in total. The highest BCUT2D eigenvalue weighted by Crippen LogP contribution is 2.37. The van der Waals surface area contributed by atoms with Crippen LogP contribution in [0.3, 0.4) is 0 Å². The Bertz CT molecular complexity index is 849. The van der Waals surface area contributed by atoms with Crippen LogP contribution in [0.1, 0.15) is 11.1 Å². The van der Waals surface area contributed by atoms with Crippen molar-refractivity contribution in [2.24, 2.45) is 10.2 Å². The Morgan fingerprint density at radius 3 is 2.32 bits per heavy atom. The lowest BCUT2D eigenvalue weighted by Crippen LogP contribution is -2.13. The zero-order chi connectivity index (χ0) is 17.8. The number of para-hydroxylation sites is 1. The highest BCUT2D eigenvalue weighted by atomic mass is 16.5. The number of carbonyl (C=O) groups is 1. The van der Waals surface area contributed by atoms with Gasteiger partial charge in [0, 0.05) is 11.1 Å². The number of nitrogens with zero attached hydrogens (tertiary/aromatic N) is 2. The van der Waals surface area contributed by atoms with Crippen molar-refractivity contribution >= 4 is 23.5 Å². The van der Waals surface area contributed by atoms with Crippen molar-refractivity contribution in [2.75, 3.05) is 26.6 Å². The average molecular weight is 339 g/mol. The Hall–Kier alpha value is -3.35. The van der Waals surface area contributed by atoms with E-state index in [9.17, 15) is 4.79 Å². The summed E-state index contributed by atoms with van der Waals surface area (Å²) in [5.74, 6) is 1.25. The molecule has 3 rings (SSSR count). The maximum atomic E-state index is 12.0. The topological polar surface area (TPSA) is 81.5 Å². The number of amides is 1.